The topological polar surface area (TPSA) is 86.5 Å². The average Bonchev–Trinajstić information content (AvgIpc) is 2.68. The Morgan fingerprint density at radius 2 is 1.57 bits per heavy atom. The molecule has 0 spiro atoms. The van der Waals surface area contributed by atoms with Gasteiger partial charge < -0.3 is 18.9 Å². The van der Waals surface area contributed by atoms with Crippen LogP contribution in [0.4, 0.5) is 0 Å². The van der Waals surface area contributed by atoms with Crippen molar-refractivity contribution in [1.29, 1.82) is 5.26 Å². The Balaban J connectivity index is 2.71. The van der Waals surface area contributed by atoms with E-state index in [1.54, 1.807) is 21.3 Å². The molecule has 28 heavy (non-hydrogen) atoms. The molecule has 7 nitrogen and oxygen atoms in total. The van der Waals surface area contributed by atoms with E-state index in [-0.39, 0.29) is 11.9 Å². The van der Waals surface area contributed by atoms with Crippen LogP contribution in [0.5, 0.6) is 11.9 Å². The van der Waals surface area contributed by atoms with Crippen LogP contribution in [0.25, 0.3) is 0 Å². The Morgan fingerprint density at radius 1 is 0.929 bits per heavy atom. The van der Waals surface area contributed by atoms with Crippen LogP contribution >= 0.6 is 0 Å². The zero-order valence-corrected chi connectivity index (χ0v) is 17.4. The van der Waals surface area contributed by atoms with Crippen LogP contribution < -0.4 is 9.47 Å². The second kappa shape index (κ2) is 9.49. The molecular formula is C21H27N3O4. The number of nitriles is 1. The number of rotatable bonds is 8. The third-order valence-electron chi connectivity index (χ3n) is 4.43. The Bertz CT molecular complexity index is 857. The van der Waals surface area contributed by atoms with Crippen LogP contribution in [-0.4, -0.2) is 38.4 Å². The number of aryl methyl sites for hydroxylation is 1. The molecule has 2 rings (SSSR count). The van der Waals surface area contributed by atoms with Gasteiger partial charge in [0.2, 0.25) is 5.88 Å². The Labute approximate surface area is 166 Å². The maximum atomic E-state index is 10.0. The molecule has 1 atom stereocenters. The molecule has 0 radical (unpaired) electrons. The Morgan fingerprint density at radius 3 is 2.07 bits per heavy atom. The number of ether oxygens (including phenoxy) is 4. The van der Waals surface area contributed by atoms with Crippen LogP contribution in [0.1, 0.15) is 59.9 Å². The van der Waals surface area contributed by atoms with Crippen LogP contribution in [0, 0.1) is 18.3 Å². The van der Waals surface area contributed by atoms with Crippen LogP contribution in [0.3, 0.4) is 0 Å². The predicted octanol–water partition coefficient (Wildman–Crippen LogP) is 3.87. The zero-order valence-electron chi connectivity index (χ0n) is 17.4. The van der Waals surface area contributed by atoms with E-state index in [0.29, 0.717) is 11.6 Å². The molecule has 1 aromatic heterocycles. The van der Waals surface area contributed by atoms with Gasteiger partial charge in [0.1, 0.15) is 5.92 Å². The molecule has 0 N–H and O–H groups in total. The average molecular weight is 385 g/mol. The second-order valence-corrected chi connectivity index (χ2v) is 6.72. The SMILES string of the molecule is COc1nc(OC)c(C(C)C)c(C(C#N)c2cc(C)cc(C(OC)OC)c2)n1. The summed E-state index contributed by atoms with van der Waals surface area (Å²) in [5.41, 5.74) is 3.98. The van der Waals surface area contributed by atoms with Crippen molar-refractivity contribution in [3.63, 3.8) is 0 Å². The van der Waals surface area contributed by atoms with Crippen molar-refractivity contribution >= 4 is 0 Å². The number of hydrogen-bond donors (Lipinski definition) is 0. The first-order valence-corrected chi connectivity index (χ1v) is 8.96. The highest BCUT2D eigenvalue weighted by Crippen LogP contribution is 2.37. The van der Waals surface area contributed by atoms with Gasteiger partial charge in [-0.05, 0) is 24.5 Å². The van der Waals surface area contributed by atoms with Gasteiger partial charge >= 0.3 is 6.01 Å². The van der Waals surface area contributed by atoms with Crippen LogP contribution in [-0.2, 0) is 9.47 Å². The van der Waals surface area contributed by atoms with Gasteiger partial charge in [0.25, 0.3) is 0 Å². The highest BCUT2D eigenvalue weighted by molar-refractivity contribution is 5.46. The third-order valence-corrected chi connectivity index (χ3v) is 4.43. The monoisotopic (exact) mass is 385 g/mol. The fourth-order valence-electron chi connectivity index (χ4n) is 3.26. The standard InChI is InChI=1S/C21H27N3O4/c1-12(2)17-18(23-21(28-7)24-19(17)25-4)16(11-22)14-8-13(3)9-15(10-14)20(26-5)27-6/h8-10,12,16,20H,1-7H3. The number of methoxy groups -OCH3 is 4. The van der Waals surface area contributed by atoms with Crippen molar-refractivity contribution in [1.82, 2.24) is 9.97 Å². The van der Waals surface area contributed by atoms with E-state index in [1.807, 2.05) is 39.0 Å². The van der Waals surface area contributed by atoms with E-state index in [2.05, 4.69) is 16.0 Å². The molecule has 0 amide bonds. The quantitative estimate of drug-likeness (QED) is 0.637. The minimum Gasteiger partial charge on any atom is -0.481 e. The third kappa shape index (κ3) is 4.41. The molecule has 7 heteroatoms. The lowest BCUT2D eigenvalue weighted by Crippen LogP contribution is -2.13. The normalized spacial score (nSPS) is 12.1. The minimum atomic E-state index is -0.629. The van der Waals surface area contributed by atoms with E-state index < -0.39 is 12.2 Å². The summed E-state index contributed by atoms with van der Waals surface area (Å²) in [5.74, 6) is -0.158. The van der Waals surface area contributed by atoms with E-state index in [9.17, 15) is 5.26 Å². The van der Waals surface area contributed by atoms with Gasteiger partial charge in [0.05, 0.1) is 26.0 Å². The summed E-state index contributed by atoms with van der Waals surface area (Å²) in [4.78, 5) is 8.80. The molecular weight excluding hydrogens is 358 g/mol. The molecule has 2 aromatic rings. The summed E-state index contributed by atoms with van der Waals surface area (Å²) in [6.07, 6.45) is -0.517. The van der Waals surface area contributed by atoms with E-state index in [1.165, 1.54) is 7.11 Å². The number of aromatic nitrogens is 2. The van der Waals surface area contributed by atoms with Crippen LogP contribution in [0.2, 0.25) is 0 Å². The van der Waals surface area contributed by atoms with Gasteiger partial charge in [0, 0.05) is 25.3 Å². The first-order valence-electron chi connectivity index (χ1n) is 8.96. The van der Waals surface area contributed by atoms with Crippen molar-refractivity contribution in [3.8, 4) is 18.0 Å². The first-order chi connectivity index (χ1) is 13.4. The lowest BCUT2D eigenvalue weighted by molar-refractivity contribution is -0.106. The molecule has 0 aliphatic rings. The van der Waals surface area contributed by atoms with E-state index in [0.717, 1.165) is 22.3 Å². The Kier molecular flexibility index (Phi) is 7.32. The summed E-state index contributed by atoms with van der Waals surface area (Å²) in [6.45, 7) is 5.99. The summed E-state index contributed by atoms with van der Waals surface area (Å²) < 4.78 is 21.4. The van der Waals surface area contributed by atoms with Gasteiger partial charge in [-0.3, -0.25) is 0 Å². The second-order valence-electron chi connectivity index (χ2n) is 6.72. The molecule has 0 saturated carbocycles. The molecule has 0 saturated heterocycles. The summed E-state index contributed by atoms with van der Waals surface area (Å²) in [7, 11) is 6.19. The number of hydrogen-bond acceptors (Lipinski definition) is 7. The molecule has 150 valence electrons. The van der Waals surface area contributed by atoms with Gasteiger partial charge in [0.15, 0.2) is 6.29 Å². The van der Waals surface area contributed by atoms with Gasteiger partial charge in [-0.1, -0.05) is 31.5 Å². The maximum Gasteiger partial charge on any atom is 0.319 e. The lowest BCUT2D eigenvalue weighted by Gasteiger charge is -2.21. The zero-order chi connectivity index (χ0) is 20.8. The van der Waals surface area contributed by atoms with Crippen molar-refractivity contribution in [3.05, 3.63) is 46.1 Å². The summed E-state index contributed by atoms with van der Waals surface area (Å²) in [5, 5.41) is 10.0. The molecule has 0 fully saturated rings. The van der Waals surface area contributed by atoms with Crippen molar-refractivity contribution < 1.29 is 18.9 Å². The summed E-state index contributed by atoms with van der Waals surface area (Å²) in [6, 6.07) is 8.38. The van der Waals surface area contributed by atoms with Crippen molar-refractivity contribution in [2.24, 2.45) is 0 Å². The number of nitrogens with zero attached hydrogens (tertiary/aromatic N) is 3. The molecule has 1 heterocycles. The Hall–Kier alpha value is -2.69. The van der Waals surface area contributed by atoms with Crippen LogP contribution in [0.15, 0.2) is 18.2 Å². The number of benzene rings is 1. The van der Waals surface area contributed by atoms with E-state index >= 15 is 0 Å². The smallest absolute Gasteiger partial charge is 0.319 e. The highest BCUT2D eigenvalue weighted by Gasteiger charge is 2.27. The lowest BCUT2D eigenvalue weighted by atomic mass is 9.88. The molecule has 0 aliphatic heterocycles. The predicted molar refractivity (Wildman–Crippen MR) is 105 cm³/mol. The van der Waals surface area contributed by atoms with E-state index in [4.69, 9.17) is 18.9 Å². The largest absolute Gasteiger partial charge is 0.481 e. The summed E-state index contributed by atoms with van der Waals surface area (Å²) >= 11 is 0. The molecule has 1 unspecified atom stereocenters. The van der Waals surface area contributed by atoms with Gasteiger partial charge in [-0.2, -0.15) is 15.2 Å². The minimum absolute atomic E-state index is 0.0571. The van der Waals surface area contributed by atoms with Gasteiger partial charge in [-0.15, -0.1) is 0 Å². The highest BCUT2D eigenvalue weighted by atomic mass is 16.7. The van der Waals surface area contributed by atoms with Crippen molar-refractivity contribution in [2.75, 3.05) is 28.4 Å². The first kappa shape index (κ1) is 21.6. The molecule has 1 aromatic carbocycles. The van der Waals surface area contributed by atoms with Gasteiger partial charge in [-0.25, -0.2) is 0 Å². The fourth-order valence-corrected chi connectivity index (χ4v) is 3.26. The fraction of sp³-hybridized carbons (Fsp3) is 0.476. The molecule has 0 bridgehead atoms. The molecule has 0 aliphatic carbocycles. The maximum absolute atomic E-state index is 10.0. The van der Waals surface area contributed by atoms with Crippen molar-refractivity contribution in [2.45, 2.75) is 38.9 Å².